The number of nitrogens with zero attached hydrogens (tertiary/aromatic N) is 1. The molecular weight excluding hydrogens is 224 g/mol. The second-order valence-corrected chi connectivity index (χ2v) is 3.71. The molecule has 6 nitrogen and oxygen atoms in total. The van der Waals surface area contributed by atoms with E-state index < -0.39 is 11.7 Å². The van der Waals surface area contributed by atoms with Crippen LogP contribution in [0.5, 0.6) is 11.5 Å². The minimum Gasteiger partial charge on any atom is -0.504 e. The maximum Gasteiger partial charge on any atom is 0.269 e. The van der Waals surface area contributed by atoms with Crippen molar-refractivity contribution < 1.29 is 19.7 Å². The van der Waals surface area contributed by atoms with Crippen LogP contribution in [0.15, 0.2) is 18.2 Å². The van der Waals surface area contributed by atoms with Crippen molar-refractivity contribution in [1.82, 2.24) is 10.4 Å². The number of amides is 1. The van der Waals surface area contributed by atoms with Gasteiger partial charge in [0.15, 0.2) is 11.5 Å². The molecule has 0 spiro atoms. The van der Waals surface area contributed by atoms with E-state index in [0.717, 1.165) is 0 Å². The van der Waals surface area contributed by atoms with Gasteiger partial charge in [0.2, 0.25) is 0 Å². The van der Waals surface area contributed by atoms with Crippen molar-refractivity contribution in [3.05, 3.63) is 23.8 Å². The van der Waals surface area contributed by atoms with E-state index in [1.165, 1.54) is 18.2 Å². The molecule has 2 rings (SSSR count). The third kappa shape index (κ3) is 2.66. The Morgan fingerprint density at radius 3 is 2.71 bits per heavy atom. The van der Waals surface area contributed by atoms with Gasteiger partial charge in [-0.05, 0) is 12.1 Å². The third-order valence-corrected chi connectivity index (χ3v) is 2.53. The summed E-state index contributed by atoms with van der Waals surface area (Å²) in [6.45, 7) is 2.33. The molecule has 1 aromatic rings. The zero-order valence-electron chi connectivity index (χ0n) is 9.22. The summed E-state index contributed by atoms with van der Waals surface area (Å²) in [5, 5.41) is 20.6. The minimum atomic E-state index is -0.444. The number of carbonyl (C=O) groups is 1. The normalized spacial score (nSPS) is 16.7. The quantitative estimate of drug-likeness (QED) is 0.635. The molecule has 0 saturated carbocycles. The van der Waals surface area contributed by atoms with Gasteiger partial charge in [0.25, 0.3) is 5.91 Å². The van der Waals surface area contributed by atoms with E-state index in [1.54, 1.807) is 5.01 Å². The Kier molecular flexibility index (Phi) is 3.46. The van der Waals surface area contributed by atoms with Crippen molar-refractivity contribution in [2.45, 2.75) is 0 Å². The van der Waals surface area contributed by atoms with Crippen LogP contribution in [-0.2, 0) is 4.74 Å². The largest absolute Gasteiger partial charge is 0.504 e. The van der Waals surface area contributed by atoms with Gasteiger partial charge in [-0.25, -0.2) is 5.01 Å². The number of phenols is 2. The number of benzene rings is 1. The molecule has 6 heteroatoms. The fourth-order valence-corrected chi connectivity index (χ4v) is 1.59. The van der Waals surface area contributed by atoms with Crippen LogP contribution in [0.25, 0.3) is 0 Å². The first-order chi connectivity index (χ1) is 8.18. The fraction of sp³-hybridized carbons (Fsp3) is 0.364. The van der Waals surface area contributed by atoms with Gasteiger partial charge < -0.3 is 14.9 Å². The van der Waals surface area contributed by atoms with Crippen LogP contribution < -0.4 is 5.43 Å². The summed E-state index contributed by atoms with van der Waals surface area (Å²) >= 11 is 0. The zero-order chi connectivity index (χ0) is 12.3. The first-order valence-corrected chi connectivity index (χ1v) is 5.33. The van der Waals surface area contributed by atoms with Gasteiger partial charge in [-0.3, -0.25) is 10.2 Å². The van der Waals surface area contributed by atoms with Gasteiger partial charge in [-0.2, -0.15) is 0 Å². The standard InChI is InChI=1S/C11H14N2O4/c14-9-3-1-2-8(10(9)15)11(16)12-13-4-6-17-7-5-13/h1-3,14-15H,4-7H2,(H,12,16). The van der Waals surface area contributed by atoms with E-state index in [0.29, 0.717) is 26.3 Å². The van der Waals surface area contributed by atoms with Crippen LogP contribution in [-0.4, -0.2) is 47.4 Å². The summed E-state index contributed by atoms with van der Waals surface area (Å²) < 4.78 is 5.15. The van der Waals surface area contributed by atoms with E-state index in [4.69, 9.17) is 4.74 Å². The lowest BCUT2D eigenvalue weighted by atomic mass is 10.2. The van der Waals surface area contributed by atoms with Crippen LogP contribution in [0.3, 0.4) is 0 Å². The number of para-hydroxylation sites is 1. The highest BCUT2D eigenvalue weighted by Gasteiger charge is 2.18. The average molecular weight is 238 g/mol. The van der Waals surface area contributed by atoms with E-state index in [-0.39, 0.29) is 11.3 Å². The summed E-state index contributed by atoms with van der Waals surface area (Å²) in [4.78, 5) is 11.8. The van der Waals surface area contributed by atoms with E-state index >= 15 is 0 Å². The Labute approximate surface area is 98.4 Å². The smallest absolute Gasteiger partial charge is 0.269 e. The topological polar surface area (TPSA) is 82.0 Å². The van der Waals surface area contributed by atoms with Gasteiger partial charge in [-0.1, -0.05) is 6.07 Å². The first-order valence-electron chi connectivity index (χ1n) is 5.33. The second-order valence-electron chi connectivity index (χ2n) is 3.71. The predicted molar refractivity (Wildman–Crippen MR) is 59.6 cm³/mol. The van der Waals surface area contributed by atoms with Crippen molar-refractivity contribution >= 4 is 5.91 Å². The monoisotopic (exact) mass is 238 g/mol. The number of ether oxygens (including phenoxy) is 1. The molecular formula is C11H14N2O4. The predicted octanol–water partition coefficient (Wildman–Crippen LogP) is 0.0748. The highest BCUT2D eigenvalue weighted by molar-refractivity contribution is 5.97. The van der Waals surface area contributed by atoms with Crippen LogP contribution in [0.4, 0.5) is 0 Å². The molecule has 92 valence electrons. The van der Waals surface area contributed by atoms with E-state index in [1.807, 2.05) is 0 Å². The van der Waals surface area contributed by atoms with Gasteiger partial charge in [0.05, 0.1) is 18.8 Å². The molecule has 1 fully saturated rings. The molecule has 1 saturated heterocycles. The Bertz CT molecular complexity index is 416. The van der Waals surface area contributed by atoms with Crippen LogP contribution in [0.2, 0.25) is 0 Å². The number of nitrogens with one attached hydrogen (secondary N) is 1. The molecule has 0 radical (unpaired) electrons. The molecule has 0 aliphatic carbocycles. The number of rotatable bonds is 2. The van der Waals surface area contributed by atoms with Crippen molar-refractivity contribution in [1.29, 1.82) is 0 Å². The number of hydrazine groups is 1. The highest BCUT2D eigenvalue weighted by Crippen LogP contribution is 2.27. The maximum absolute atomic E-state index is 11.8. The molecule has 1 aliphatic heterocycles. The molecule has 0 unspecified atom stereocenters. The van der Waals surface area contributed by atoms with Crippen molar-refractivity contribution in [2.24, 2.45) is 0 Å². The molecule has 3 N–H and O–H groups in total. The lowest BCUT2D eigenvalue weighted by Crippen LogP contribution is -2.48. The van der Waals surface area contributed by atoms with Crippen molar-refractivity contribution in [3.63, 3.8) is 0 Å². The van der Waals surface area contributed by atoms with E-state index in [2.05, 4.69) is 5.43 Å². The van der Waals surface area contributed by atoms with Crippen molar-refractivity contribution in [3.8, 4) is 11.5 Å². The van der Waals surface area contributed by atoms with Gasteiger partial charge in [0.1, 0.15) is 0 Å². The third-order valence-electron chi connectivity index (χ3n) is 2.53. The summed E-state index contributed by atoms with van der Waals surface area (Å²) in [5.41, 5.74) is 2.70. The SMILES string of the molecule is O=C(NN1CCOCC1)c1cccc(O)c1O. The Hall–Kier alpha value is -1.79. The molecule has 0 bridgehead atoms. The Morgan fingerprint density at radius 1 is 1.29 bits per heavy atom. The van der Waals surface area contributed by atoms with Gasteiger partial charge in [-0.15, -0.1) is 0 Å². The summed E-state index contributed by atoms with van der Waals surface area (Å²) in [5.74, 6) is -1.15. The van der Waals surface area contributed by atoms with Crippen LogP contribution >= 0.6 is 0 Å². The molecule has 1 amide bonds. The molecule has 1 aliphatic rings. The Morgan fingerprint density at radius 2 is 2.00 bits per heavy atom. The summed E-state index contributed by atoms with van der Waals surface area (Å²) in [6, 6.07) is 4.27. The zero-order valence-corrected chi connectivity index (χ0v) is 9.22. The Balaban J connectivity index is 2.06. The molecule has 0 aromatic heterocycles. The molecule has 0 atom stereocenters. The number of hydrogen-bond acceptors (Lipinski definition) is 5. The molecule has 1 heterocycles. The van der Waals surface area contributed by atoms with Gasteiger partial charge in [0, 0.05) is 13.1 Å². The second kappa shape index (κ2) is 5.03. The van der Waals surface area contributed by atoms with Gasteiger partial charge >= 0.3 is 0 Å². The van der Waals surface area contributed by atoms with Crippen molar-refractivity contribution in [2.75, 3.05) is 26.3 Å². The van der Waals surface area contributed by atoms with Crippen LogP contribution in [0.1, 0.15) is 10.4 Å². The summed E-state index contributed by atoms with van der Waals surface area (Å²) in [6.07, 6.45) is 0. The number of morpholine rings is 1. The lowest BCUT2D eigenvalue weighted by molar-refractivity contribution is 0.0125. The average Bonchev–Trinajstić information content (AvgIpc) is 2.34. The minimum absolute atomic E-state index is 0.0523. The molecule has 17 heavy (non-hydrogen) atoms. The van der Waals surface area contributed by atoms with E-state index in [9.17, 15) is 15.0 Å². The number of carbonyl (C=O) groups excluding carboxylic acids is 1. The lowest BCUT2D eigenvalue weighted by Gasteiger charge is -2.27. The first kappa shape index (κ1) is 11.7. The number of aromatic hydroxyl groups is 2. The summed E-state index contributed by atoms with van der Waals surface area (Å²) in [7, 11) is 0. The highest BCUT2D eigenvalue weighted by atomic mass is 16.5. The number of hydrogen-bond donors (Lipinski definition) is 3. The van der Waals surface area contributed by atoms with Crippen LogP contribution in [0, 0.1) is 0 Å². The number of phenolic OH excluding ortho intramolecular Hbond substituents is 2. The maximum atomic E-state index is 11.8. The molecule has 1 aromatic carbocycles. The fourth-order valence-electron chi connectivity index (χ4n) is 1.59.